The molecule has 0 radical (unpaired) electrons. The van der Waals surface area contributed by atoms with Crippen LogP contribution in [0.25, 0.3) is 0 Å². The third kappa shape index (κ3) is 1.71. The summed E-state index contributed by atoms with van der Waals surface area (Å²) in [5.41, 5.74) is 1.98. The van der Waals surface area contributed by atoms with E-state index in [1.54, 1.807) is 0 Å². The van der Waals surface area contributed by atoms with Gasteiger partial charge in [0.15, 0.2) is 0 Å². The summed E-state index contributed by atoms with van der Waals surface area (Å²) in [7, 11) is 2.04. The molecule has 0 amide bonds. The van der Waals surface area contributed by atoms with E-state index >= 15 is 0 Å². The quantitative estimate of drug-likeness (QED) is 0.637. The highest BCUT2D eigenvalue weighted by molar-refractivity contribution is 5.17. The van der Waals surface area contributed by atoms with Crippen molar-refractivity contribution in [3.8, 4) is 0 Å². The Hall–Kier alpha value is -0.300. The smallest absolute Gasteiger partial charge is 0.00124 e. The first-order valence-electron chi connectivity index (χ1n) is 4.79. The van der Waals surface area contributed by atoms with Gasteiger partial charge in [0.1, 0.15) is 0 Å². The topological polar surface area (TPSA) is 12.0 Å². The molecule has 0 aromatic rings. The molecule has 70 valence electrons. The number of hydrogen-bond donors (Lipinski definition) is 1. The van der Waals surface area contributed by atoms with Crippen LogP contribution in [0.2, 0.25) is 0 Å². The van der Waals surface area contributed by atoms with Crippen molar-refractivity contribution in [3.63, 3.8) is 0 Å². The van der Waals surface area contributed by atoms with E-state index in [1.807, 2.05) is 7.05 Å². The molecule has 12 heavy (non-hydrogen) atoms. The molecule has 0 bridgehead atoms. The molecular formula is C11H21N. The van der Waals surface area contributed by atoms with Crippen LogP contribution in [0, 0.1) is 17.3 Å². The second-order valence-electron chi connectivity index (χ2n) is 4.76. The summed E-state index contributed by atoms with van der Waals surface area (Å²) in [5.74, 6) is 1.65. The Morgan fingerprint density at radius 3 is 2.42 bits per heavy atom. The lowest BCUT2D eigenvalue weighted by Gasteiger charge is -1.99. The maximum absolute atomic E-state index is 3.26. The first-order valence-corrected chi connectivity index (χ1v) is 4.79. The van der Waals surface area contributed by atoms with E-state index in [1.165, 1.54) is 5.57 Å². The molecule has 1 aliphatic rings. The van der Waals surface area contributed by atoms with Gasteiger partial charge in [0.25, 0.3) is 0 Å². The second-order valence-corrected chi connectivity index (χ2v) is 4.76. The first kappa shape index (κ1) is 9.79. The summed E-state index contributed by atoms with van der Waals surface area (Å²) in [4.78, 5) is 0. The van der Waals surface area contributed by atoms with Crippen molar-refractivity contribution < 1.29 is 0 Å². The van der Waals surface area contributed by atoms with Crippen molar-refractivity contribution in [1.82, 2.24) is 5.32 Å². The van der Waals surface area contributed by atoms with Gasteiger partial charge in [-0.3, -0.25) is 0 Å². The van der Waals surface area contributed by atoms with Gasteiger partial charge in [-0.05, 0) is 44.7 Å². The Kier molecular flexibility index (Phi) is 2.62. The van der Waals surface area contributed by atoms with Crippen molar-refractivity contribution in [2.75, 3.05) is 13.6 Å². The summed E-state index contributed by atoms with van der Waals surface area (Å²) >= 11 is 0. The van der Waals surface area contributed by atoms with E-state index < -0.39 is 0 Å². The minimum atomic E-state index is 0.528. The molecule has 0 unspecified atom stereocenters. The Morgan fingerprint density at radius 1 is 1.42 bits per heavy atom. The third-order valence-corrected chi connectivity index (χ3v) is 3.08. The number of hydrogen-bond acceptors (Lipinski definition) is 1. The zero-order valence-electron chi connectivity index (χ0n) is 8.94. The van der Waals surface area contributed by atoms with Crippen molar-refractivity contribution >= 4 is 0 Å². The number of nitrogens with one attached hydrogen (secondary N) is 1. The maximum atomic E-state index is 3.26. The lowest BCUT2D eigenvalue weighted by Crippen LogP contribution is -2.12. The van der Waals surface area contributed by atoms with E-state index in [-0.39, 0.29) is 0 Å². The van der Waals surface area contributed by atoms with Gasteiger partial charge < -0.3 is 5.32 Å². The van der Waals surface area contributed by atoms with Crippen LogP contribution in [0.1, 0.15) is 27.7 Å². The SMILES string of the molecule is CNC[C@@H]1[C@H](C=C(C)C)C1(C)C. The van der Waals surface area contributed by atoms with Crippen LogP contribution in [0.5, 0.6) is 0 Å². The van der Waals surface area contributed by atoms with Gasteiger partial charge in [0.05, 0.1) is 0 Å². The average molecular weight is 167 g/mol. The minimum Gasteiger partial charge on any atom is -0.319 e. The molecule has 1 nitrogen and oxygen atoms in total. The van der Waals surface area contributed by atoms with Crippen LogP contribution < -0.4 is 5.32 Å². The van der Waals surface area contributed by atoms with Crippen molar-refractivity contribution in [1.29, 1.82) is 0 Å². The number of allylic oxidation sites excluding steroid dienone is 2. The van der Waals surface area contributed by atoms with E-state index in [2.05, 4.69) is 39.1 Å². The molecule has 1 fully saturated rings. The van der Waals surface area contributed by atoms with Crippen LogP contribution in [0.3, 0.4) is 0 Å². The fraction of sp³-hybridized carbons (Fsp3) is 0.818. The Bertz CT molecular complexity index is 187. The fourth-order valence-corrected chi connectivity index (χ4v) is 2.09. The lowest BCUT2D eigenvalue weighted by molar-refractivity contribution is 0.535. The van der Waals surface area contributed by atoms with E-state index in [9.17, 15) is 0 Å². The highest BCUT2D eigenvalue weighted by atomic mass is 14.9. The summed E-state index contributed by atoms with van der Waals surface area (Å²) in [5, 5.41) is 3.26. The molecule has 1 saturated carbocycles. The Labute approximate surface area is 76.2 Å². The summed E-state index contributed by atoms with van der Waals surface area (Å²) in [6, 6.07) is 0. The zero-order chi connectivity index (χ0) is 9.35. The molecule has 0 saturated heterocycles. The molecule has 1 heteroatoms. The maximum Gasteiger partial charge on any atom is -0.00124 e. The monoisotopic (exact) mass is 167 g/mol. The normalized spacial score (nSPS) is 31.4. The molecule has 0 aliphatic heterocycles. The largest absolute Gasteiger partial charge is 0.319 e. The molecular weight excluding hydrogens is 146 g/mol. The summed E-state index contributed by atoms with van der Waals surface area (Å²) < 4.78 is 0. The minimum absolute atomic E-state index is 0.528. The molecule has 1 N–H and O–H groups in total. The zero-order valence-corrected chi connectivity index (χ0v) is 8.94. The van der Waals surface area contributed by atoms with E-state index in [0.29, 0.717) is 5.41 Å². The molecule has 1 rings (SSSR count). The van der Waals surface area contributed by atoms with Crippen LogP contribution in [0.4, 0.5) is 0 Å². The van der Waals surface area contributed by atoms with Gasteiger partial charge >= 0.3 is 0 Å². The Morgan fingerprint density at radius 2 is 2.00 bits per heavy atom. The first-order chi connectivity index (χ1) is 5.50. The second kappa shape index (κ2) is 3.21. The van der Waals surface area contributed by atoms with E-state index in [0.717, 1.165) is 18.4 Å². The van der Waals surface area contributed by atoms with Crippen molar-refractivity contribution in [2.45, 2.75) is 27.7 Å². The molecule has 1 aliphatic carbocycles. The standard InChI is InChI=1S/C11H21N/c1-8(2)6-9-10(7-12-5)11(9,3)4/h6,9-10,12H,7H2,1-5H3/t9-,10+/m0/s1. The van der Waals surface area contributed by atoms with Crippen molar-refractivity contribution in [3.05, 3.63) is 11.6 Å². The van der Waals surface area contributed by atoms with Gasteiger partial charge in [0, 0.05) is 0 Å². The average Bonchev–Trinajstić information content (AvgIpc) is 2.39. The van der Waals surface area contributed by atoms with E-state index in [4.69, 9.17) is 0 Å². The predicted octanol–water partition coefficient (Wildman–Crippen LogP) is 2.44. The van der Waals surface area contributed by atoms with Gasteiger partial charge in [-0.2, -0.15) is 0 Å². The van der Waals surface area contributed by atoms with Gasteiger partial charge in [-0.25, -0.2) is 0 Å². The van der Waals surface area contributed by atoms with Gasteiger partial charge in [-0.15, -0.1) is 0 Å². The van der Waals surface area contributed by atoms with Crippen LogP contribution in [-0.2, 0) is 0 Å². The predicted molar refractivity (Wildman–Crippen MR) is 54.1 cm³/mol. The molecule has 0 spiro atoms. The van der Waals surface area contributed by atoms with Crippen LogP contribution in [0.15, 0.2) is 11.6 Å². The fourth-order valence-electron chi connectivity index (χ4n) is 2.09. The van der Waals surface area contributed by atoms with Crippen molar-refractivity contribution in [2.24, 2.45) is 17.3 Å². The van der Waals surface area contributed by atoms with Crippen LogP contribution >= 0.6 is 0 Å². The van der Waals surface area contributed by atoms with Gasteiger partial charge in [-0.1, -0.05) is 25.5 Å². The summed E-state index contributed by atoms with van der Waals surface area (Å²) in [6.07, 6.45) is 2.42. The molecule has 0 aromatic heterocycles. The molecule has 2 atom stereocenters. The van der Waals surface area contributed by atoms with Gasteiger partial charge in [0.2, 0.25) is 0 Å². The summed E-state index contributed by atoms with van der Waals surface area (Å²) in [6.45, 7) is 10.2. The third-order valence-electron chi connectivity index (χ3n) is 3.08. The number of rotatable bonds is 3. The van der Waals surface area contributed by atoms with Crippen LogP contribution in [-0.4, -0.2) is 13.6 Å². The highest BCUT2D eigenvalue weighted by Crippen LogP contribution is 2.58. The molecule has 0 heterocycles. The molecule has 0 aromatic carbocycles. The highest BCUT2D eigenvalue weighted by Gasteiger charge is 2.55. The Balaban J connectivity index is 2.54. The lowest BCUT2D eigenvalue weighted by atomic mass is 10.1.